The molecule has 1 aliphatic heterocycles. The second-order valence-electron chi connectivity index (χ2n) is 5.03. The van der Waals surface area contributed by atoms with Gasteiger partial charge in [-0.2, -0.15) is 0 Å². The van der Waals surface area contributed by atoms with Crippen molar-refractivity contribution in [2.24, 2.45) is 0 Å². The summed E-state index contributed by atoms with van der Waals surface area (Å²) in [5.41, 5.74) is 0. The van der Waals surface area contributed by atoms with Gasteiger partial charge in [-0.15, -0.1) is 0 Å². The molecule has 2 heterocycles. The second kappa shape index (κ2) is 6.59. The van der Waals surface area contributed by atoms with Gasteiger partial charge >= 0.3 is 0 Å². The molecule has 1 aliphatic rings. The number of rotatable bonds is 5. The Labute approximate surface area is 108 Å². The van der Waals surface area contributed by atoms with Crippen molar-refractivity contribution in [3.63, 3.8) is 0 Å². The van der Waals surface area contributed by atoms with E-state index in [4.69, 9.17) is 4.42 Å². The molecule has 1 aromatic heterocycles. The lowest BCUT2D eigenvalue weighted by Gasteiger charge is -2.24. The molecule has 0 aromatic carbocycles. The van der Waals surface area contributed by atoms with Gasteiger partial charge in [0.05, 0.1) is 12.3 Å². The van der Waals surface area contributed by atoms with E-state index in [0.717, 1.165) is 38.0 Å². The Morgan fingerprint density at radius 2 is 2.50 bits per heavy atom. The van der Waals surface area contributed by atoms with Crippen LogP contribution in [0.25, 0.3) is 0 Å². The summed E-state index contributed by atoms with van der Waals surface area (Å²) < 4.78 is 5.28. The predicted octanol–water partition coefficient (Wildman–Crippen LogP) is 1.86. The van der Waals surface area contributed by atoms with Crippen LogP contribution in [0.4, 0.5) is 0 Å². The average Bonchev–Trinajstić information content (AvgIpc) is 2.90. The van der Waals surface area contributed by atoms with Crippen molar-refractivity contribution in [2.45, 2.75) is 51.1 Å². The molecule has 0 radical (unpaired) electrons. The van der Waals surface area contributed by atoms with Gasteiger partial charge in [0.2, 0.25) is 5.91 Å². The Bertz CT molecular complexity index is 356. The lowest BCUT2D eigenvalue weighted by atomic mass is 10.0. The molecule has 2 rings (SSSR count). The molecule has 0 bridgehead atoms. The highest BCUT2D eigenvalue weighted by atomic mass is 16.3. The molecule has 0 saturated carbocycles. The molecule has 2 N–H and O–H groups in total. The summed E-state index contributed by atoms with van der Waals surface area (Å²) in [4.78, 5) is 12.0. The minimum Gasteiger partial charge on any atom is -0.469 e. The highest BCUT2D eigenvalue weighted by Crippen LogP contribution is 2.09. The molecule has 0 spiro atoms. The van der Waals surface area contributed by atoms with Crippen molar-refractivity contribution in [1.82, 2.24) is 10.6 Å². The van der Waals surface area contributed by atoms with Gasteiger partial charge in [-0.05, 0) is 44.9 Å². The van der Waals surface area contributed by atoms with Crippen LogP contribution in [0.3, 0.4) is 0 Å². The molecular formula is C14H22N2O2. The summed E-state index contributed by atoms with van der Waals surface area (Å²) in [6, 6.07) is 4.05. The van der Waals surface area contributed by atoms with E-state index in [1.165, 1.54) is 6.42 Å². The van der Waals surface area contributed by atoms with Gasteiger partial charge in [0.15, 0.2) is 0 Å². The predicted molar refractivity (Wildman–Crippen MR) is 70.3 cm³/mol. The van der Waals surface area contributed by atoms with E-state index in [-0.39, 0.29) is 18.0 Å². The van der Waals surface area contributed by atoms with E-state index in [0.29, 0.717) is 0 Å². The standard InChI is InChI=1S/C14H22N2O2/c1-11(7-8-12-5-4-10-18-12)16-14(17)13-6-2-3-9-15-13/h4-5,10-11,13,15H,2-3,6-9H2,1H3,(H,16,17). The van der Waals surface area contributed by atoms with Crippen LogP contribution >= 0.6 is 0 Å². The number of hydrogen-bond donors (Lipinski definition) is 2. The first-order valence-electron chi connectivity index (χ1n) is 6.82. The number of carbonyl (C=O) groups excluding carboxylic acids is 1. The number of piperidine rings is 1. The lowest BCUT2D eigenvalue weighted by molar-refractivity contribution is -0.124. The number of furan rings is 1. The van der Waals surface area contributed by atoms with E-state index in [9.17, 15) is 4.79 Å². The van der Waals surface area contributed by atoms with Crippen LogP contribution in [0.1, 0.15) is 38.4 Å². The van der Waals surface area contributed by atoms with E-state index >= 15 is 0 Å². The Balaban J connectivity index is 1.69. The summed E-state index contributed by atoms with van der Waals surface area (Å²) in [5.74, 6) is 1.12. The van der Waals surface area contributed by atoms with Crippen LogP contribution in [-0.4, -0.2) is 24.5 Å². The molecule has 4 heteroatoms. The maximum Gasteiger partial charge on any atom is 0.237 e. The topological polar surface area (TPSA) is 54.3 Å². The molecule has 0 aliphatic carbocycles. The summed E-state index contributed by atoms with van der Waals surface area (Å²) in [5, 5.41) is 6.33. The fourth-order valence-electron chi connectivity index (χ4n) is 2.30. The zero-order valence-corrected chi connectivity index (χ0v) is 10.9. The van der Waals surface area contributed by atoms with Gasteiger partial charge in [0.25, 0.3) is 0 Å². The van der Waals surface area contributed by atoms with E-state index in [2.05, 4.69) is 10.6 Å². The van der Waals surface area contributed by atoms with Crippen molar-refractivity contribution in [3.8, 4) is 0 Å². The SMILES string of the molecule is CC(CCc1ccco1)NC(=O)C1CCCCN1. The van der Waals surface area contributed by atoms with Gasteiger partial charge in [-0.3, -0.25) is 4.79 Å². The molecule has 2 unspecified atom stereocenters. The van der Waals surface area contributed by atoms with E-state index in [1.54, 1.807) is 6.26 Å². The molecule has 4 nitrogen and oxygen atoms in total. The number of amides is 1. The van der Waals surface area contributed by atoms with Crippen LogP contribution in [0.5, 0.6) is 0 Å². The third-order valence-corrected chi connectivity index (χ3v) is 3.42. The third-order valence-electron chi connectivity index (χ3n) is 3.42. The number of carbonyl (C=O) groups is 1. The Morgan fingerprint density at radius 1 is 1.61 bits per heavy atom. The Hall–Kier alpha value is -1.29. The van der Waals surface area contributed by atoms with Gasteiger partial charge < -0.3 is 15.1 Å². The monoisotopic (exact) mass is 250 g/mol. The fraction of sp³-hybridized carbons (Fsp3) is 0.643. The molecule has 1 aromatic rings. The van der Waals surface area contributed by atoms with Crippen LogP contribution in [0.15, 0.2) is 22.8 Å². The molecule has 100 valence electrons. The highest BCUT2D eigenvalue weighted by molar-refractivity contribution is 5.82. The Kier molecular flexibility index (Phi) is 4.81. The van der Waals surface area contributed by atoms with Gasteiger partial charge in [0, 0.05) is 12.5 Å². The maximum atomic E-state index is 12.0. The normalized spacial score (nSPS) is 21.5. The first-order valence-corrected chi connectivity index (χ1v) is 6.82. The van der Waals surface area contributed by atoms with Crippen molar-refractivity contribution < 1.29 is 9.21 Å². The minimum absolute atomic E-state index is 0.00446. The lowest BCUT2D eigenvalue weighted by Crippen LogP contribution is -2.49. The zero-order valence-electron chi connectivity index (χ0n) is 10.9. The largest absolute Gasteiger partial charge is 0.469 e. The Morgan fingerprint density at radius 3 is 3.17 bits per heavy atom. The van der Waals surface area contributed by atoms with Crippen LogP contribution in [-0.2, 0) is 11.2 Å². The summed E-state index contributed by atoms with van der Waals surface area (Å²) >= 11 is 0. The molecule has 2 atom stereocenters. The highest BCUT2D eigenvalue weighted by Gasteiger charge is 2.21. The van der Waals surface area contributed by atoms with E-state index in [1.807, 2.05) is 19.1 Å². The molecule has 1 fully saturated rings. The van der Waals surface area contributed by atoms with E-state index < -0.39 is 0 Å². The van der Waals surface area contributed by atoms with Crippen LogP contribution in [0, 0.1) is 0 Å². The van der Waals surface area contributed by atoms with Gasteiger partial charge in [-0.1, -0.05) is 6.42 Å². The van der Waals surface area contributed by atoms with Crippen LogP contribution < -0.4 is 10.6 Å². The van der Waals surface area contributed by atoms with Crippen molar-refractivity contribution >= 4 is 5.91 Å². The third kappa shape index (κ3) is 3.88. The number of aryl methyl sites for hydroxylation is 1. The average molecular weight is 250 g/mol. The molecule has 18 heavy (non-hydrogen) atoms. The first kappa shape index (κ1) is 13.1. The van der Waals surface area contributed by atoms with Crippen molar-refractivity contribution in [2.75, 3.05) is 6.54 Å². The maximum absolute atomic E-state index is 12.0. The second-order valence-corrected chi connectivity index (χ2v) is 5.03. The molecular weight excluding hydrogens is 228 g/mol. The molecule has 1 saturated heterocycles. The minimum atomic E-state index is 0.00446. The summed E-state index contributed by atoms with van der Waals surface area (Å²) in [6.45, 7) is 3.00. The van der Waals surface area contributed by atoms with Crippen molar-refractivity contribution in [1.29, 1.82) is 0 Å². The number of nitrogens with one attached hydrogen (secondary N) is 2. The fourth-order valence-corrected chi connectivity index (χ4v) is 2.30. The zero-order chi connectivity index (χ0) is 12.8. The first-order chi connectivity index (χ1) is 8.75. The number of hydrogen-bond acceptors (Lipinski definition) is 3. The van der Waals surface area contributed by atoms with Crippen LogP contribution in [0.2, 0.25) is 0 Å². The quantitative estimate of drug-likeness (QED) is 0.838. The molecule has 1 amide bonds. The van der Waals surface area contributed by atoms with Crippen molar-refractivity contribution in [3.05, 3.63) is 24.2 Å². The van der Waals surface area contributed by atoms with Gasteiger partial charge in [-0.25, -0.2) is 0 Å². The van der Waals surface area contributed by atoms with Gasteiger partial charge in [0.1, 0.15) is 5.76 Å². The smallest absolute Gasteiger partial charge is 0.237 e. The summed E-state index contributed by atoms with van der Waals surface area (Å²) in [7, 11) is 0. The summed E-state index contributed by atoms with van der Waals surface area (Å²) in [6.07, 6.45) is 6.74.